The largest absolute Gasteiger partial charge is 0.478 e. The first kappa shape index (κ1) is 13.9. The Balaban J connectivity index is 2.00. The van der Waals surface area contributed by atoms with Crippen molar-refractivity contribution in [3.05, 3.63) is 34.2 Å². The summed E-state index contributed by atoms with van der Waals surface area (Å²) in [4.78, 5) is 25.9. The van der Waals surface area contributed by atoms with Crippen LogP contribution in [0.4, 0.5) is 0 Å². The van der Waals surface area contributed by atoms with E-state index in [-0.39, 0.29) is 16.7 Å². The lowest BCUT2D eigenvalue weighted by molar-refractivity contribution is 0.0156. The quantitative estimate of drug-likeness (QED) is 0.903. The average molecular weight is 290 g/mol. The van der Waals surface area contributed by atoms with Crippen molar-refractivity contribution >= 4 is 17.0 Å². The van der Waals surface area contributed by atoms with Gasteiger partial charge >= 0.3 is 11.7 Å². The van der Waals surface area contributed by atoms with Gasteiger partial charge in [0.25, 0.3) is 0 Å². The molecule has 1 aliphatic rings. The number of nitrogens with one attached hydrogen (secondary N) is 1. The van der Waals surface area contributed by atoms with E-state index in [1.54, 1.807) is 10.6 Å². The highest BCUT2D eigenvalue weighted by atomic mass is 16.5. The first-order chi connectivity index (χ1) is 9.98. The second kappa shape index (κ2) is 5.04. The highest BCUT2D eigenvalue weighted by molar-refractivity contribution is 5.92. The number of aromatic amines is 1. The van der Waals surface area contributed by atoms with Gasteiger partial charge in [0.1, 0.15) is 0 Å². The van der Waals surface area contributed by atoms with Gasteiger partial charge in [0.05, 0.1) is 16.6 Å². The molecular formula is C15H18N2O4. The first-order valence-corrected chi connectivity index (χ1v) is 7.02. The Morgan fingerprint density at radius 1 is 1.43 bits per heavy atom. The molecule has 21 heavy (non-hydrogen) atoms. The van der Waals surface area contributed by atoms with Gasteiger partial charge < -0.3 is 14.8 Å². The Kier molecular flexibility index (Phi) is 3.33. The summed E-state index contributed by atoms with van der Waals surface area (Å²) in [6, 6.07) is 4.72. The summed E-state index contributed by atoms with van der Waals surface area (Å²) in [5.74, 6) is -0.998. The zero-order valence-corrected chi connectivity index (χ0v) is 11.9. The Bertz CT molecular complexity index is 738. The number of H-pyrrole nitrogens is 1. The van der Waals surface area contributed by atoms with Crippen molar-refractivity contribution < 1.29 is 14.6 Å². The van der Waals surface area contributed by atoms with Crippen molar-refractivity contribution in [1.29, 1.82) is 0 Å². The van der Waals surface area contributed by atoms with E-state index < -0.39 is 5.97 Å². The number of benzene rings is 1. The van der Waals surface area contributed by atoms with Crippen LogP contribution in [0.25, 0.3) is 11.0 Å². The zero-order chi connectivity index (χ0) is 15.0. The Labute approximate surface area is 121 Å². The predicted molar refractivity (Wildman–Crippen MR) is 77.7 cm³/mol. The molecule has 2 aromatic rings. The minimum atomic E-state index is -0.998. The second-order valence-electron chi connectivity index (χ2n) is 5.98. The molecule has 1 fully saturated rings. The summed E-state index contributed by atoms with van der Waals surface area (Å²) in [6.07, 6.45) is 1.83. The SMILES string of the molecule is CC1(Cn2c(=O)[nH]c3cc(C(=O)O)ccc32)CCOCC1. The molecule has 0 saturated carbocycles. The lowest BCUT2D eigenvalue weighted by Crippen LogP contribution is -2.34. The Morgan fingerprint density at radius 3 is 2.81 bits per heavy atom. The fraction of sp³-hybridized carbons (Fsp3) is 0.467. The van der Waals surface area contributed by atoms with Crippen LogP contribution >= 0.6 is 0 Å². The molecule has 3 rings (SSSR count). The molecule has 1 aromatic carbocycles. The van der Waals surface area contributed by atoms with Crippen LogP contribution in [0.3, 0.4) is 0 Å². The van der Waals surface area contributed by atoms with Crippen LogP contribution in [-0.2, 0) is 11.3 Å². The van der Waals surface area contributed by atoms with E-state index in [4.69, 9.17) is 9.84 Å². The maximum Gasteiger partial charge on any atom is 0.335 e. The number of carboxylic acids is 1. The number of imidazole rings is 1. The third-order valence-electron chi connectivity index (χ3n) is 4.26. The van der Waals surface area contributed by atoms with Crippen molar-refractivity contribution in [2.75, 3.05) is 13.2 Å². The lowest BCUT2D eigenvalue weighted by atomic mass is 9.82. The molecule has 0 bridgehead atoms. The van der Waals surface area contributed by atoms with Crippen LogP contribution in [0.15, 0.2) is 23.0 Å². The van der Waals surface area contributed by atoms with Crippen LogP contribution in [0, 0.1) is 5.41 Å². The van der Waals surface area contributed by atoms with Crippen molar-refractivity contribution in [3.63, 3.8) is 0 Å². The van der Waals surface area contributed by atoms with Gasteiger partial charge in [-0.25, -0.2) is 9.59 Å². The molecule has 0 radical (unpaired) electrons. The third-order valence-corrected chi connectivity index (χ3v) is 4.26. The second-order valence-corrected chi connectivity index (χ2v) is 5.98. The van der Waals surface area contributed by atoms with E-state index in [0.29, 0.717) is 12.1 Å². The number of carbonyl (C=O) groups is 1. The molecule has 0 atom stereocenters. The van der Waals surface area contributed by atoms with E-state index in [1.165, 1.54) is 12.1 Å². The minimum Gasteiger partial charge on any atom is -0.478 e. The summed E-state index contributed by atoms with van der Waals surface area (Å²) < 4.78 is 7.08. The smallest absolute Gasteiger partial charge is 0.335 e. The summed E-state index contributed by atoms with van der Waals surface area (Å²) >= 11 is 0. The Morgan fingerprint density at radius 2 is 2.14 bits per heavy atom. The van der Waals surface area contributed by atoms with Crippen LogP contribution in [-0.4, -0.2) is 33.8 Å². The number of aromatic nitrogens is 2. The minimum absolute atomic E-state index is 0.0304. The molecule has 6 heteroatoms. The van der Waals surface area contributed by atoms with Crippen molar-refractivity contribution in [2.24, 2.45) is 5.41 Å². The fourth-order valence-electron chi connectivity index (χ4n) is 2.86. The van der Waals surface area contributed by atoms with Crippen molar-refractivity contribution in [3.8, 4) is 0 Å². The van der Waals surface area contributed by atoms with Gasteiger partial charge in [-0.3, -0.25) is 4.57 Å². The van der Waals surface area contributed by atoms with E-state index in [1.807, 2.05) is 0 Å². The van der Waals surface area contributed by atoms with Crippen LogP contribution in [0.2, 0.25) is 0 Å². The highest BCUT2D eigenvalue weighted by Gasteiger charge is 2.29. The number of nitrogens with zero attached hydrogens (tertiary/aromatic N) is 1. The summed E-state index contributed by atoms with van der Waals surface area (Å²) in [6.45, 7) is 4.21. The maximum atomic E-state index is 12.2. The van der Waals surface area contributed by atoms with Gasteiger partial charge in [-0.15, -0.1) is 0 Å². The number of aromatic carboxylic acids is 1. The van der Waals surface area contributed by atoms with Gasteiger partial charge in [-0.05, 0) is 36.5 Å². The fourth-order valence-corrected chi connectivity index (χ4v) is 2.86. The molecule has 0 spiro atoms. The van der Waals surface area contributed by atoms with Crippen molar-refractivity contribution in [1.82, 2.24) is 9.55 Å². The summed E-state index contributed by atoms with van der Waals surface area (Å²) in [5.41, 5.74) is 1.32. The number of fused-ring (bicyclic) bond motifs is 1. The number of carboxylic acid groups (broad SMARTS) is 1. The van der Waals surface area contributed by atoms with Gasteiger partial charge in [0, 0.05) is 19.8 Å². The predicted octanol–water partition coefficient (Wildman–Crippen LogP) is 1.84. The van der Waals surface area contributed by atoms with E-state index in [0.717, 1.165) is 31.6 Å². The first-order valence-electron chi connectivity index (χ1n) is 7.02. The molecule has 1 aliphatic heterocycles. The van der Waals surface area contributed by atoms with Crippen molar-refractivity contribution in [2.45, 2.75) is 26.3 Å². The standard InChI is InChI=1S/C15H18N2O4/c1-15(4-6-21-7-5-15)9-17-12-3-2-10(13(18)19)8-11(12)16-14(17)20/h2-3,8H,4-7,9H2,1H3,(H,16,20)(H,18,19). The van der Waals surface area contributed by atoms with Gasteiger partial charge in [0.15, 0.2) is 0 Å². The Hall–Kier alpha value is -2.08. The summed E-state index contributed by atoms with van der Waals surface area (Å²) in [7, 11) is 0. The van der Waals surface area contributed by atoms with E-state index in [9.17, 15) is 9.59 Å². The molecule has 1 saturated heterocycles. The number of hydrogen-bond donors (Lipinski definition) is 2. The van der Waals surface area contributed by atoms with Gasteiger partial charge in [-0.2, -0.15) is 0 Å². The summed E-state index contributed by atoms with van der Waals surface area (Å²) in [5, 5.41) is 9.01. The van der Waals surface area contributed by atoms with Crippen LogP contribution in [0.5, 0.6) is 0 Å². The monoisotopic (exact) mass is 290 g/mol. The topological polar surface area (TPSA) is 84.3 Å². The molecular weight excluding hydrogens is 272 g/mol. The zero-order valence-electron chi connectivity index (χ0n) is 11.9. The molecule has 0 unspecified atom stereocenters. The molecule has 2 N–H and O–H groups in total. The van der Waals surface area contributed by atoms with E-state index in [2.05, 4.69) is 11.9 Å². The molecule has 112 valence electrons. The average Bonchev–Trinajstić information content (AvgIpc) is 2.74. The van der Waals surface area contributed by atoms with Gasteiger partial charge in [0.2, 0.25) is 0 Å². The molecule has 6 nitrogen and oxygen atoms in total. The number of hydrogen-bond acceptors (Lipinski definition) is 3. The van der Waals surface area contributed by atoms with Gasteiger partial charge in [-0.1, -0.05) is 6.92 Å². The van der Waals surface area contributed by atoms with E-state index >= 15 is 0 Å². The lowest BCUT2D eigenvalue weighted by Gasteiger charge is -2.33. The molecule has 0 aliphatic carbocycles. The molecule has 1 aromatic heterocycles. The normalized spacial score (nSPS) is 18.0. The van der Waals surface area contributed by atoms with Crippen LogP contribution in [0.1, 0.15) is 30.1 Å². The molecule has 0 amide bonds. The van der Waals surface area contributed by atoms with Crippen LogP contribution < -0.4 is 5.69 Å². The highest BCUT2D eigenvalue weighted by Crippen LogP contribution is 2.32. The number of rotatable bonds is 3. The number of ether oxygens (including phenoxy) is 1. The maximum absolute atomic E-state index is 12.2. The third kappa shape index (κ3) is 2.58. The molecule has 2 heterocycles.